The van der Waals surface area contributed by atoms with Gasteiger partial charge in [-0.25, -0.2) is 0 Å². The van der Waals surface area contributed by atoms with Crippen LogP contribution in [0.2, 0.25) is 0 Å². The Morgan fingerprint density at radius 2 is 2.08 bits per heavy atom. The molecule has 0 fully saturated rings. The lowest BCUT2D eigenvalue weighted by Gasteiger charge is -2.30. The minimum atomic E-state index is -4.24. The Balaban J connectivity index is 4.58. The third-order valence-electron chi connectivity index (χ3n) is 1.71. The normalized spacial score (nSPS) is 20.2. The van der Waals surface area contributed by atoms with Crippen LogP contribution in [0.1, 0.15) is 27.2 Å². The highest BCUT2D eigenvalue weighted by molar-refractivity contribution is 7.53. The van der Waals surface area contributed by atoms with Crippen molar-refractivity contribution in [3.63, 3.8) is 0 Å². The van der Waals surface area contributed by atoms with Crippen LogP contribution in [0.5, 0.6) is 0 Å². The summed E-state index contributed by atoms with van der Waals surface area (Å²) in [4.78, 5) is 17.8. The van der Waals surface area contributed by atoms with Crippen LogP contribution in [0.25, 0.3) is 0 Å². The van der Waals surface area contributed by atoms with Gasteiger partial charge in [0.25, 0.3) is 0 Å². The standard InChI is InChI=1S/C6H16NO4P/c1-4-6(3,11-5(2)7)12(8,9)10/h5H,4,7H2,1-3H3,(H2,8,9,10). The van der Waals surface area contributed by atoms with Crippen molar-refractivity contribution in [2.24, 2.45) is 5.73 Å². The van der Waals surface area contributed by atoms with E-state index in [0.29, 0.717) is 0 Å². The molecule has 0 spiro atoms. The predicted molar refractivity (Wildman–Crippen MR) is 45.5 cm³/mol. The molecule has 0 rings (SSSR count). The third kappa shape index (κ3) is 2.84. The minimum Gasteiger partial charge on any atom is -0.345 e. The summed E-state index contributed by atoms with van der Waals surface area (Å²) in [6, 6.07) is 0. The Labute approximate surface area is 72.1 Å². The fourth-order valence-electron chi connectivity index (χ4n) is 0.758. The van der Waals surface area contributed by atoms with Crippen LogP contribution in [0, 0.1) is 0 Å². The summed E-state index contributed by atoms with van der Waals surface area (Å²) in [5, 5.41) is -1.46. The first-order chi connectivity index (χ1) is 5.23. The van der Waals surface area contributed by atoms with Gasteiger partial charge in [0.1, 0.15) is 6.23 Å². The van der Waals surface area contributed by atoms with Crippen molar-refractivity contribution in [2.45, 2.75) is 38.8 Å². The second-order valence-corrected chi connectivity index (χ2v) is 4.93. The van der Waals surface area contributed by atoms with Crippen LogP contribution >= 0.6 is 7.60 Å². The van der Waals surface area contributed by atoms with Gasteiger partial charge in [0.05, 0.1) is 0 Å². The molecule has 0 aliphatic rings. The Bertz CT molecular complexity index is 190. The van der Waals surface area contributed by atoms with Crippen LogP contribution in [0.15, 0.2) is 0 Å². The van der Waals surface area contributed by atoms with Gasteiger partial charge in [-0.3, -0.25) is 4.57 Å². The average molecular weight is 197 g/mol. The highest BCUT2D eigenvalue weighted by Crippen LogP contribution is 2.53. The van der Waals surface area contributed by atoms with Gasteiger partial charge in [0, 0.05) is 0 Å². The molecule has 0 heterocycles. The molecule has 2 unspecified atom stereocenters. The van der Waals surface area contributed by atoms with E-state index in [1.807, 2.05) is 0 Å². The first kappa shape index (κ1) is 12.1. The van der Waals surface area contributed by atoms with Crippen molar-refractivity contribution < 1.29 is 19.1 Å². The Morgan fingerprint density at radius 1 is 1.67 bits per heavy atom. The van der Waals surface area contributed by atoms with Crippen molar-refractivity contribution in [1.82, 2.24) is 0 Å². The van der Waals surface area contributed by atoms with E-state index in [1.165, 1.54) is 13.8 Å². The van der Waals surface area contributed by atoms with Gasteiger partial charge in [-0.05, 0) is 20.3 Å². The number of hydrogen-bond acceptors (Lipinski definition) is 3. The topological polar surface area (TPSA) is 92.8 Å². The fourth-order valence-corrected chi connectivity index (χ4v) is 1.47. The zero-order chi connectivity index (χ0) is 9.99. The lowest BCUT2D eigenvalue weighted by Crippen LogP contribution is -2.35. The van der Waals surface area contributed by atoms with E-state index in [4.69, 9.17) is 20.3 Å². The van der Waals surface area contributed by atoms with Gasteiger partial charge < -0.3 is 20.3 Å². The molecule has 5 nitrogen and oxygen atoms in total. The Kier molecular flexibility index (Phi) is 3.87. The molecule has 74 valence electrons. The smallest absolute Gasteiger partial charge is 0.345 e. The zero-order valence-corrected chi connectivity index (χ0v) is 8.41. The van der Waals surface area contributed by atoms with Gasteiger partial charge in [0.2, 0.25) is 0 Å². The van der Waals surface area contributed by atoms with Crippen LogP contribution in [0.4, 0.5) is 0 Å². The summed E-state index contributed by atoms with van der Waals surface area (Å²) in [5.41, 5.74) is 5.29. The van der Waals surface area contributed by atoms with Crippen molar-refractivity contribution in [3.8, 4) is 0 Å². The third-order valence-corrected chi connectivity index (χ3v) is 3.37. The van der Waals surface area contributed by atoms with E-state index < -0.39 is 19.2 Å². The van der Waals surface area contributed by atoms with Crippen molar-refractivity contribution in [1.29, 1.82) is 0 Å². The fraction of sp³-hybridized carbons (Fsp3) is 1.00. The van der Waals surface area contributed by atoms with Crippen LogP contribution in [0.3, 0.4) is 0 Å². The van der Waals surface area contributed by atoms with Gasteiger partial charge in [-0.15, -0.1) is 0 Å². The van der Waals surface area contributed by atoms with E-state index in [9.17, 15) is 4.57 Å². The van der Waals surface area contributed by atoms with Crippen molar-refractivity contribution in [3.05, 3.63) is 0 Å². The molecule has 4 N–H and O–H groups in total. The molecule has 0 aromatic heterocycles. The molecule has 0 aromatic rings. The summed E-state index contributed by atoms with van der Waals surface area (Å²) >= 11 is 0. The number of nitrogens with two attached hydrogens (primary N) is 1. The van der Waals surface area contributed by atoms with Gasteiger partial charge in [-0.2, -0.15) is 0 Å². The summed E-state index contributed by atoms with van der Waals surface area (Å²) < 4.78 is 15.9. The predicted octanol–water partition coefficient (Wildman–Crippen LogP) is 0.612. The van der Waals surface area contributed by atoms with E-state index in [2.05, 4.69) is 0 Å². The first-order valence-corrected chi connectivity index (χ1v) is 5.33. The highest BCUT2D eigenvalue weighted by Gasteiger charge is 2.42. The second-order valence-electron chi connectivity index (χ2n) is 2.90. The summed E-state index contributed by atoms with van der Waals surface area (Å²) in [6.45, 7) is 4.53. The maximum absolute atomic E-state index is 10.9. The van der Waals surface area contributed by atoms with Gasteiger partial charge in [-0.1, -0.05) is 6.92 Å². The molecule has 2 atom stereocenters. The Hall–Kier alpha value is 0.0700. The number of hydrogen-bond donors (Lipinski definition) is 3. The van der Waals surface area contributed by atoms with Crippen LogP contribution in [-0.2, 0) is 9.30 Å². The summed E-state index contributed by atoms with van der Waals surface area (Å²) in [5.74, 6) is 0. The average Bonchev–Trinajstić information content (AvgIpc) is 1.83. The molecule has 0 saturated heterocycles. The molecule has 0 aromatic carbocycles. The molecule has 12 heavy (non-hydrogen) atoms. The second kappa shape index (κ2) is 3.85. The zero-order valence-electron chi connectivity index (χ0n) is 7.52. The molecule has 0 radical (unpaired) electrons. The molecule has 0 aliphatic heterocycles. The molecule has 0 bridgehead atoms. The number of rotatable bonds is 4. The molecule has 6 heteroatoms. The summed E-state index contributed by atoms with van der Waals surface area (Å²) in [7, 11) is -4.24. The highest BCUT2D eigenvalue weighted by atomic mass is 31.2. The molecular weight excluding hydrogens is 181 g/mol. The molecule has 0 amide bonds. The monoisotopic (exact) mass is 197 g/mol. The molecular formula is C6H16NO4P. The van der Waals surface area contributed by atoms with Crippen molar-refractivity contribution in [2.75, 3.05) is 0 Å². The lowest BCUT2D eigenvalue weighted by atomic mass is 10.3. The van der Waals surface area contributed by atoms with E-state index in [-0.39, 0.29) is 6.42 Å². The summed E-state index contributed by atoms with van der Waals surface area (Å²) in [6.07, 6.45) is -0.457. The van der Waals surface area contributed by atoms with Crippen molar-refractivity contribution >= 4 is 7.60 Å². The molecule has 0 aliphatic carbocycles. The van der Waals surface area contributed by atoms with E-state index >= 15 is 0 Å². The quantitative estimate of drug-likeness (QED) is 0.453. The SMILES string of the molecule is CCC(C)(OC(C)N)P(=O)(O)O. The van der Waals surface area contributed by atoms with Gasteiger partial charge >= 0.3 is 7.60 Å². The maximum atomic E-state index is 10.9. The van der Waals surface area contributed by atoms with Crippen LogP contribution in [-0.4, -0.2) is 21.4 Å². The Morgan fingerprint density at radius 3 is 2.17 bits per heavy atom. The largest absolute Gasteiger partial charge is 0.356 e. The van der Waals surface area contributed by atoms with E-state index in [1.54, 1.807) is 6.92 Å². The minimum absolute atomic E-state index is 0.221. The van der Waals surface area contributed by atoms with E-state index in [0.717, 1.165) is 0 Å². The van der Waals surface area contributed by atoms with Gasteiger partial charge in [0.15, 0.2) is 5.34 Å². The first-order valence-electron chi connectivity index (χ1n) is 3.72. The van der Waals surface area contributed by atoms with Crippen LogP contribution < -0.4 is 5.73 Å². The maximum Gasteiger partial charge on any atom is 0.356 e. The lowest BCUT2D eigenvalue weighted by molar-refractivity contribution is -0.0350. The number of ether oxygens (including phenoxy) is 1. The molecule has 0 saturated carbocycles.